The van der Waals surface area contributed by atoms with Crippen LogP contribution in [0.3, 0.4) is 0 Å². The number of piperazine rings is 1. The number of rotatable bonds is 2. The first-order valence-electron chi connectivity index (χ1n) is 4.74. The maximum Gasteiger partial charge on any atom is 0.147 e. The van der Waals surface area contributed by atoms with E-state index < -0.39 is 0 Å². The molecule has 0 atom stereocenters. The first kappa shape index (κ1) is 9.83. The molecule has 2 heterocycles. The highest BCUT2D eigenvalue weighted by Gasteiger charge is 2.10. The molecule has 1 fully saturated rings. The van der Waals surface area contributed by atoms with Gasteiger partial charge in [-0.3, -0.25) is 9.88 Å². The summed E-state index contributed by atoms with van der Waals surface area (Å²) >= 11 is 5.66. The maximum absolute atomic E-state index is 5.66. The van der Waals surface area contributed by atoms with E-state index in [0.29, 0.717) is 5.15 Å². The quantitative estimate of drug-likeness (QED) is 0.777. The summed E-state index contributed by atoms with van der Waals surface area (Å²) < 4.78 is 0. The third-order valence-electron chi connectivity index (χ3n) is 2.27. The highest BCUT2D eigenvalue weighted by atomic mass is 35.5. The van der Waals surface area contributed by atoms with Crippen molar-refractivity contribution >= 4 is 11.6 Å². The topological polar surface area (TPSA) is 41.1 Å². The molecule has 4 nitrogen and oxygen atoms in total. The number of aromatic nitrogens is 2. The minimum absolute atomic E-state index is 0.453. The molecule has 1 aliphatic rings. The molecule has 0 saturated carbocycles. The Morgan fingerprint density at radius 1 is 1.29 bits per heavy atom. The molecule has 1 aliphatic heterocycles. The normalized spacial score (nSPS) is 18.4. The SMILES string of the molecule is Clc1cnc(CN2CCNCC2)cn1. The molecule has 0 unspecified atom stereocenters. The van der Waals surface area contributed by atoms with Gasteiger partial charge in [0.2, 0.25) is 0 Å². The molecule has 1 aromatic heterocycles. The van der Waals surface area contributed by atoms with E-state index in [2.05, 4.69) is 20.2 Å². The summed E-state index contributed by atoms with van der Waals surface area (Å²) in [4.78, 5) is 10.6. The van der Waals surface area contributed by atoms with Crippen LogP contribution in [0.1, 0.15) is 5.69 Å². The van der Waals surface area contributed by atoms with E-state index in [9.17, 15) is 0 Å². The van der Waals surface area contributed by atoms with Gasteiger partial charge in [-0.15, -0.1) is 0 Å². The lowest BCUT2D eigenvalue weighted by Gasteiger charge is -2.26. The smallest absolute Gasteiger partial charge is 0.147 e. The van der Waals surface area contributed by atoms with Crippen LogP contribution >= 0.6 is 11.6 Å². The Morgan fingerprint density at radius 2 is 2.07 bits per heavy atom. The van der Waals surface area contributed by atoms with E-state index in [4.69, 9.17) is 11.6 Å². The lowest BCUT2D eigenvalue weighted by Crippen LogP contribution is -2.43. The Kier molecular flexibility index (Phi) is 3.29. The highest BCUT2D eigenvalue weighted by Crippen LogP contribution is 2.04. The zero-order valence-corrected chi connectivity index (χ0v) is 8.67. The number of halogens is 1. The van der Waals surface area contributed by atoms with Crippen LogP contribution in [0.2, 0.25) is 5.15 Å². The average Bonchev–Trinajstić information content (AvgIpc) is 2.23. The second kappa shape index (κ2) is 4.68. The van der Waals surface area contributed by atoms with E-state index in [1.54, 1.807) is 12.4 Å². The van der Waals surface area contributed by atoms with Crippen LogP contribution in [0, 0.1) is 0 Å². The predicted molar refractivity (Wildman–Crippen MR) is 55.2 cm³/mol. The van der Waals surface area contributed by atoms with Crippen molar-refractivity contribution in [1.82, 2.24) is 20.2 Å². The molecule has 2 rings (SSSR count). The van der Waals surface area contributed by atoms with Crippen molar-refractivity contribution in [3.05, 3.63) is 23.2 Å². The molecular weight excluding hydrogens is 200 g/mol. The van der Waals surface area contributed by atoms with Gasteiger partial charge in [0.15, 0.2) is 0 Å². The van der Waals surface area contributed by atoms with Gasteiger partial charge in [0.05, 0.1) is 18.1 Å². The van der Waals surface area contributed by atoms with Crippen molar-refractivity contribution in [2.45, 2.75) is 6.54 Å². The Bertz CT molecular complexity index is 281. The molecule has 0 spiro atoms. The molecule has 5 heteroatoms. The van der Waals surface area contributed by atoms with Crippen molar-refractivity contribution in [3.8, 4) is 0 Å². The Hall–Kier alpha value is -0.710. The Labute approximate surface area is 88.3 Å². The van der Waals surface area contributed by atoms with Crippen LogP contribution in [0.4, 0.5) is 0 Å². The maximum atomic E-state index is 5.66. The summed E-state index contributed by atoms with van der Waals surface area (Å²) in [5.74, 6) is 0. The molecule has 76 valence electrons. The fourth-order valence-electron chi connectivity index (χ4n) is 1.52. The van der Waals surface area contributed by atoms with Crippen molar-refractivity contribution in [2.75, 3.05) is 26.2 Å². The van der Waals surface area contributed by atoms with Crippen LogP contribution in [0.25, 0.3) is 0 Å². The van der Waals surface area contributed by atoms with E-state index in [-0.39, 0.29) is 0 Å². The van der Waals surface area contributed by atoms with Crippen molar-refractivity contribution < 1.29 is 0 Å². The summed E-state index contributed by atoms with van der Waals surface area (Å²) in [6.45, 7) is 5.13. The molecule has 1 N–H and O–H groups in total. The Balaban J connectivity index is 1.92. The van der Waals surface area contributed by atoms with Crippen LogP contribution in [-0.4, -0.2) is 41.0 Å². The van der Waals surface area contributed by atoms with Crippen LogP contribution in [0.15, 0.2) is 12.4 Å². The molecule has 0 aliphatic carbocycles. The van der Waals surface area contributed by atoms with Gasteiger partial charge in [0, 0.05) is 32.7 Å². The molecule has 0 radical (unpaired) electrons. The molecule has 0 aromatic carbocycles. The zero-order chi connectivity index (χ0) is 9.80. The third-order valence-corrected chi connectivity index (χ3v) is 2.46. The monoisotopic (exact) mass is 212 g/mol. The zero-order valence-electron chi connectivity index (χ0n) is 7.91. The lowest BCUT2D eigenvalue weighted by atomic mass is 10.3. The van der Waals surface area contributed by atoms with Crippen molar-refractivity contribution in [3.63, 3.8) is 0 Å². The number of hydrogen-bond donors (Lipinski definition) is 1. The molecule has 0 bridgehead atoms. The van der Waals surface area contributed by atoms with E-state index >= 15 is 0 Å². The molecule has 1 saturated heterocycles. The summed E-state index contributed by atoms with van der Waals surface area (Å²) in [7, 11) is 0. The van der Waals surface area contributed by atoms with Gasteiger partial charge in [-0.25, -0.2) is 4.98 Å². The van der Waals surface area contributed by atoms with E-state index in [1.165, 1.54) is 0 Å². The summed E-state index contributed by atoms with van der Waals surface area (Å²) in [6.07, 6.45) is 3.34. The minimum Gasteiger partial charge on any atom is -0.314 e. The Morgan fingerprint density at radius 3 is 2.71 bits per heavy atom. The van der Waals surface area contributed by atoms with Gasteiger partial charge in [-0.1, -0.05) is 11.6 Å². The first-order chi connectivity index (χ1) is 6.84. The fraction of sp³-hybridized carbons (Fsp3) is 0.556. The summed E-state index contributed by atoms with van der Waals surface area (Å²) in [5.41, 5.74) is 0.983. The minimum atomic E-state index is 0.453. The van der Waals surface area contributed by atoms with Gasteiger partial charge in [0.25, 0.3) is 0 Å². The molecule has 0 amide bonds. The predicted octanol–water partition coefficient (Wildman–Crippen LogP) is 0.535. The second-order valence-corrected chi connectivity index (χ2v) is 3.74. The van der Waals surface area contributed by atoms with Gasteiger partial charge in [-0.2, -0.15) is 0 Å². The van der Waals surface area contributed by atoms with Gasteiger partial charge >= 0.3 is 0 Å². The van der Waals surface area contributed by atoms with Gasteiger partial charge < -0.3 is 5.32 Å². The molecule has 14 heavy (non-hydrogen) atoms. The van der Waals surface area contributed by atoms with Crippen molar-refractivity contribution in [2.24, 2.45) is 0 Å². The number of hydrogen-bond acceptors (Lipinski definition) is 4. The largest absolute Gasteiger partial charge is 0.314 e. The number of nitrogens with zero attached hydrogens (tertiary/aromatic N) is 3. The highest BCUT2D eigenvalue weighted by molar-refractivity contribution is 6.29. The van der Waals surface area contributed by atoms with E-state index in [1.807, 2.05) is 0 Å². The second-order valence-electron chi connectivity index (χ2n) is 3.36. The van der Waals surface area contributed by atoms with Crippen LogP contribution in [-0.2, 0) is 6.54 Å². The lowest BCUT2D eigenvalue weighted by molar-refractivity contribution is 0.230. The first-order valence-corrected chi connectivity index (χ1v) is 5.12. The van der Waals surface area contributed by atoms with Gasteiger partial charge in [-0.05, 0) is 0 Å². The average molecular weight is 213 g/mol. The molecule has 1 aromatic rings. The summed E-state index contributed by atoms with van der Waals surface area (Å²) in [6, 6.07) is 0. The van der Waals surface area contributed by atoms with Crippen LogP contribution < -0.4 is 5.32 Å². The molecular formula is C9H13ClN4. The third kappa shape index (κ3) is 2.64. The van der Waals surface area contributed by atoms with Gasteiger partial charge in [0.1, 0.15) is 5.15 Å². The van der Waals surface area contributed by atoms with E-state index in [0.717, 1.165) is 38.4 Å². The fourth-order valence-corrected chi connectivity index (χ4v) is 1.62. The summed E-state index contributed by atoms with van der Waals surface area (Å²) in [5, 5.41) is 3.76. The van der Waals surface area contributed by atoms with Crippen molar-refractivity contribution in [1.29, 1.82) is 0 Å². The standard InChI is InChI=1S/C9H13ClN4/c10-9-6-12-8(5-13-9)7-14-3-1-11-2-4-14/h5-6,11H,1-4,7H2. The number of nitrogens with one attached hydrogen (secondary N) is 1. The van der Waals surface area contributed by atoms with Crippen LogP contribution in [0.5, 0.6) is 0 Å².